The van der Waals surface area contributed by atoms with E-state index in [0.717, 1.165) is 11.1 Å². The maximum atomic E-state index is 12.9. The Hall–Kier alpha value is -2.52. The van der Waals surface area contributed by atoms with E-state index in [1.165, 1.54) is 47.4 Å². The molecular weight excluding hydrogens is 402 g/mol. The van der Waals surface area contributed by atoms with Crippen LogP contribution in [0.15, 0.2) is 52.9 Å². The largest absolute Gasteiger partial charge is 0.356 e. The van der Waals surface area contributed by atoms with Crippen molar-refractivity contribution in [2.45, 2.75) is 17.3 Å². The Morgan fingerprint density at radius 2 is 1.61 bits per heavy atom. The number of rotatable bonds is 9. The van der Waals surface area contributed by atoms with Gasteiger partial charge < -0.3 is 10.6 Å². The molecule has 2 aromatic carbocycles. The minimum absolute atomic E-state index is 0.0943. The van der Waals surface area contributed by atoms with E-state index in [9.17, 15) is 13.6 Å². The third kappa shape index (κ3) is 6.58. The first-order valence-electron chi connectivity index (χ1n) is 8.54. The van der Waals surface area contributed by atoms with E-state index in [0.29, 0.717) is 29.0 Å². The molecule has 0 saturated heterocycles. The molecule has 1 heterocycles. The van der Waals surface area contributed by atoms with Crippen molar-refractivity contribution < 1.29 is 13.6 Å². The van der Waals surface area contributed by atoms with Crippen molar-refractivity contribution in [1.82, 2.24) is 15.5 Å². The summed E-state index contributed by atoms with van der Waals surface area (Å²) in [7, 11) is 0. The van der Waals surface area contributed by atoms with Crippen LogP contribution in [0.4, 0.5) is 13.9 Å². The third-order valence-corrected chi connectivity index (χ3v) is 5.75. The normalized spacial score (nSPS) is 10.6. The van der Waals surface area contributed by atoms with Crippen LogP contribution in [-0.2, 0) is 17.8 Å². The molecule has 3 aromatic rings. The second kappa shape index (κ2) is 10.1. The fraction of sp³-hybridized carbons (Fsp3) is 0.211. The van der Waals surface area contributed by atoms with E-state index in [4.69, 9.17) is 0 Å². The number of anilines is 1. The second-order valence-electron chi connectivity index (χ2n) is 5.87. The number of hydrogen-bond acceptors (Lipinski definition) is 6. The molecule has 0 saturated carbocycles. The highest BCUT2D eigenvalue weighted by Crippen LogP contribution is 2.25. The van der Waals surface area contributed by atoms with Crippen molar-refractivity contribution in [2.24, 2.45) is 0 Å². The Morgan fingerprint density at radius 1 is 0.964 bits per heavy atom. The first-order chi connectivity index (χ1) is 13.6. The van der Waals surface area contributed by atoms with Crippen molar-refractivity contribution in [1.29, 1.82) is 0 Å². The number of benzene rings is 2. The second-order valence-corrected chi connectivity index (χ2v) is 8.07. The standard InChI is InChI=1S/C19H18F2N4OS2/c20-15-5-1-13(2-6-15)9-10-22-17(26)12-27-19-25-24-18(28-19)23-11-14-3-7-16(21)8-4-14/h1-8H,9-12H2,(H,22,26)(H,23,24). The smallest absolute Gasteiger partial charge is 0.230 e. The quantitative estimate of drug-likeness (QED) is 0.514. The predicted octanol–water partition coefficient (Wildman–Crippen LogP) is 3.88. The topological polar surface area (TPSA) is 66.9 Å². The van der Waals surface area contributed by atoms with Crippen molar-refractivity contribution in [3.05, 3.63) is 71.3 Å². The fourth-order valence-electron chi connectivity index (χ4n) is 2.30. The van der Waals surface area contributed by atoms with Gasteiger partial charge in [0.05, 0.1) is 5.75 Å². The lowest BCUT2D eigenvalue weighted by Crippen LogP contribution is -2.27. The molecule has 0 spiro atoms. The summed E-state index contributed by atoms with van der Waals surface area (Å²) >= 11 is 2.67. The summed E-state index contributed by atoms with van der Waals surface area (Å²) in [5, 5.41) is 14.7. The molecule has 0 aliphatic carbocycles. The fourth-order valence-corrected chi connectivity index (χ4v) is 3.87. The number of hydrogen-bond donors (Lipinski definition) is 2. The van der Waals surface area contributed by atoms with Crippen molar-refractivity contribution in [3.8, 4) is 0 Å². The zero-order valence-electron chi connectivity index (χ0n) is 14.8. The van der Waals surface area contributed by atoms with Crippen LogP contribution in [0.2, 0.25) is 0 Å². The molecule has 2 N–H and O–H groups in total. The zero-order chi connectivity index (χ0) is 19.8. The summed E-state index contributed by atoms with van der Waals surface area (Å²) in [5.41, 5.74) is 1.90. The van der Waals surface area contributed by atoms with Crippen LogP contribution < -0.4 is 10.6 Å². The molecule has 3 rings (SSSR count). The number of aromatic nitrogens is 2. The molecular formula is C19H18F2N4OS2. The van der Waals surface area contributed by atoms with Gasteiger partial charge >= 0.3 is 0 Å². The van der Waals surface area contributed by atoms with Crippen LogP contribution in [0.5, 0.6) is 0 Å². The first-order valence-corrected chi connectivity index (χ1v) is 10.3. The SMILES string of the molecule is O=C(CSc1nnc(NCc2ccc(F)cc2)s1)NCCc1ccc(F)cc1. The van der Waals surface area contributed by atoms with Crippen LogP contribution in [0.1, 0.15) is 11.1 Å². The molecule has 1 amide bonds. The van der Waals surface area contributed by atoms with E-state index in [1.807, 2.05) is 0 Å². The minimum atomic E-state index is -0.271. The van der Waals surface area contributed by atoms with E-state index < -0.39 is 0 Å². The van der Waals surface area contributed by atoms with Gasteiger partial charge in [0.1, 0.15) is 11.6 Å². The van der Waals surface area contributed by atoms with Gasteiger partial charge in [-0.3, -0.25) is 4.79 Å². The summed E-state index contributed by atoms with van der Waals surface area (Å²) < 4.78 is 26.4. The lowest BCUT2D eigenvalue weighted by molar-refractivity contribution is -0.118. The first kappa shape index (κ1) is 20.2. The minimum Gasteiger partial charge on any atom is -0.356 e. The molecule has 0 bridgehead atoms. The van der Waals surface area contributed by atoms with Crippen LogP contribution in [0, 0.1) is 11.6 Å². The molecule has 0 aliphatic rings. The number of nitrogens with one attached hydrogen (secondary N) is 2. The monoisotopic (exact) mass is 420 g/mol. The zero-order valence-corrected chi connectivity index (χ0v) is 16.5. The maximum Gasteiger partial charge on any atom is 0.230 e. The van der Waals surface area contributed by atoms with Gasteiger partial charge in [-0.25, -0.2) is 8.78 Å². The van der Waals surface area contributed by atoms with Gasteiger partial charge in [-0.05, 0) is 41.8 Å². The predicted molar refractivity (Wildman–Crippen MR) is 107 cm³/mol. The molecule has 28 heavy (non-hydrogen) atoms. The van der Waals surface area contributed by atoms with Gasteiger partial charge in [0, 0.05) is 13.1 Å². The van der Waals surface area contributed by atoms with Crippen LogP contribution in [0.3, 0.4) is 0 Å². The van der Waals surface area contributed by atoms with Gasteiger partial charge in [0.25, 0.3) is 0 Å². The van der Waals surface area contributed by atoms with Crippen molar-refractivity contribution in [2.75, 3.05) is 17.6 Å². The Morgan fingerprint density at radius 3 is 2.29 bits per heavy atom. The van der Waals surface area contributed by atoms with Gasteiger partial charge in [0.15, 0.2) is 4.34 Å². The molecule has 9 heteroatoms. The lowest BCUT2D eigenvalue weighted by Gasteiger charge is -2.04. The van der Waals surface area contributed by atoms with E-state index in [-0.39, 0.29) is 23.3 Å². The van der Waals surface area contributed by atoms with Crippen molar-refractivity contribution in [3.63, 3.8) is 0 Å². The van der Waals surface area contributed by atoms with Crippen LogP contribution in [0.25, 0.3) is 0 Å². The number of nitrogens with zero attached hydrogens (tertiary/aromatic N) is 2. The highest BCUT2D eigenvalue weighted by Gasteiger charge is 2.08. The molecule has 0 atom stereocenters. The number of carbonyl (C=O) groups excluding carboxylic acids is 1. The summed E-state index contributed by atoms with van der Waals surface area (Å²) in [5.74, 6) is -0.388. The molecule has 5 nitrogen and oxygen atoms in total. The van der Waals surface area contributed by atoms with E-state index >= 15 is 0 Å². The third-order valence-electron chi connectivity index (χ3n) is 3.74. The summed E-state index contributed by atoms with van der Waals surface area (Å²) in [6.45, 7) is 1.01. The van der Waals surface area contributed by atoms with Gasteiger partial charge in [-0.1, -0.05) is 47.4 Å². The number of carbonyl (C=O) groups is 1. The van der Waals surface area contributed by atoms with Gasteiger partial charge in [-0.15, -0.1) is 10.2 Å². The number of amides is 1. The van der Waals surface area contributed by atoms with Gasteiger partial charge in [0.2, 0.25) is 11.0 Å². The molecule has 0 unspecified atom stereocenters. The lowest BCUT2D eigenvalue weighted by atomic mass is 10.1. The highest BCUT2D eigenvalue weighted by molar-refractivity contribution is 8.01. The number of thioether (sulfide) groups is 1. The Bertz CT molecular complexity index is 901. The maximum absolute atomic E-state index is 12.9. The van der Waals surface area contributed by atoms with Crippen LogP contribution in [-0.4, -0.2) is 28.4 Å². The summed E-state index contributed by atoms with van der Waals surface area (Å²) in [6.07, 6.45) is 0.646. The molecule has 0 radical (unpaired) electrons. The Labute approximate surface area is 169 Å². The van der Waals surface area contributed by atoms with Crippen molar-refractivity contribution >= 4 is 34.1 Å². The molecule has 146 valence electrons. The van der Waals surface area contributed by atoms with Gasteiger partial charge in [-0.2, -0.15) is 0 Å². The summed E-state index contributed by atoms with van der Waals surface area (Å²) in [6, 6.07) is 12.5. The average Bonchev–Trinajstić information content (AvgIpc) is 3.15. The molecule has 1 aromatic heterocycles. The van der Waals surface area contributed by atoms with E-state index in [1.54, 1.807) is 24.3 Å². The average molecular weight is 421 g/mol. The number of halogens is 2. The highest BCUT2D eigenvalue weighted by atomic mass is 32.2. The summed E-state index contributed by atoms with van der Waals surface area (Å²) in [4.78, 5) is 11.9. The van der Waals surface area contributed by atoms with Crippen LogP contribution >= 0.6 is 23.1 Å². The Kier molecular flexibility index (Phi) is 7.32. The Balaban J connectivity index is 1.35. The molecule has 0 fully saturated rings. The van der Waals surface area contributed by atoms with E-state index in [2.05, 4.69) is 20.8 Å². The molecule has 0 aliphatic heterocycles.